The van der Waals surface area contributed by atoms with Gasteiger partial charge in [0.05, 0.1) is 5.52 Å². The second-order valence-corrected chi connectivity index (χ2v) is 6.63. The number of hydrogen-bond acceptors (Lipinski definition) is 1. The smallest absolute Gasteiger partial charge is 0.189 e. The summed E-state index contributed by atoms with van der Waals surface area (Å²) in [6, 6.07) is 5.89. The zero-order chi connectivity index (χ0) is 13.6. The van der Waals surface area contributed by atoms with E-state index in [1.54, 1.807) is 6.07 Å². The highest BCUT2D eigenvalue weighted by molar-refractivity contribution is 5.83. The van der Waals surface area contributed by atoms with E-state index >= 15 is 0 Å². The van der Waals surface area contributed by atoms with Gasteiger partial charge in [-0.3, -0.25) is 4.79 Å². The molecule has 1 aliphatic carbocycles. The van der Waals surface area contributed by atoms with E-state index in [9.17, 15) is 4.79 Å². The number of aromatic nitrogens is 1. The largest absolute Gasteiger partial charge is 0.358 e. The summed E-state index contributed by atoms with van der Waals surface area (Å²) >= 11 is 0. The van der Waals surface area contributed by atoms with Crippen LogP contribution in [0.2, 0.25) is 0 Å². The molecular weight excluding hydrogens is 234 g/mol. The average molecular weight is 255 g/mol. The Morgan fingerprint density at radius 3 is 2.58 bits per heavy atom. The summed E-state index contributed by atoms with van der Waals surface area (Å²) in [6.45, 7) is 6.42. The number of hydrogen-bond donors (Lipinski definition) is 1. The van der Waals surface area contributed by atoms with Crippen LogP contribution >= 0.6 is 0 Å². The lowest BCUT2D eigenvalue weighted by atomic mass is 9.87. The average Bonchev–Trinajstić information content (AvgIpc) is 2.37. The molecule has 100 valence electrons. The Labute approximate surface area is 113 Å². The van der Waals surface area contributed by atoms with E-state index < -0.39 is 0 Å². The standard InChI is InChI=1S/C17H21NO/c1-17(2,3)15-10-14(19)13-9-8-11-6-4-5-7-12(11)16(13)18-15/h8-10H,4-7H2,1-3H3,(H,18,19). The minimum absolute atomic E-state index is 0.0231. The van der Waals surface area contributed by atoms with Gasteiger partial charge in [-0.1, -0.05) is 26.8 Å². The van der Waals surface area contributed by atoms with E-state index in [4.69, 9.17) is 0 Å². The number of rotatable bonds is 0. The summed E-state index contributed by atoms with van der Waals surface area (Å²) in [5, 5.41) is 0.841. The van der Waals surface area contributed by atoms with Gasteiger partial charge in [-0.2, -0.15) is 0 Å². The van der Waals surface area contributed by atoms with Crippen LogP contribution in [0.25, 0.3) is 10.9 Å². The third-order valence-electron chi connectivity index (χ3n) is 4.14. The van der Waals surface area contributed by atoms with Crippen molar-refractivity contribution in [1.82, 2.24) is 4.98 Å². The highest BCUT2D eigenvalue weighted by atomic mass is 16.1. The number of H-pyrrole nitrogens is 1. The van der Waals surface area contributed by atoms with Crippen LogP contribution in [0.3, 0.4) is 0 Å². The van der Waals surface area contributed by atoms with Crippen molar-refractivity contribution in [1.29, 1.82) is 0 Å². The number of aryl methyl sites for hydroxylation is 2. The van der Waals surface area contributed by atoms with Crippen molar-refractivity contribution in [2.24, 2.45) is 0 Å². The SMILES string of the molecule is CC(C)(C)c1cc(=O)c2ccc3c(c2[nH]1)CCCC3. The van der Waals surface area contributed by atoms with Crippen LogP contribution in [0.1, 0.15) is 50.4 Å². The number of pyridine rings is 1. The van der Waals surface area contributed by atoms with Gasteiger partial charge < -0.3 is 4.98 Å². The molecule has 2 heteroatoms. The van der Waals surface area contributed by atoms with Crippen molar-refractivity contribution >= 4 is 10.9 Å². The fourth-order valence-electron chi connectivity index (χ4n) is 2.96. The van der Waals surface area contributed by atoms with Crippen molar-refractivity contribution in [3.8, 4) is 0 Å². The Bertz CT molecular complexity index is 689. The summed E-state index contributed by atoms with van der Waals surface area (Å²) in [5.74, 6) is 0. The van der Waals surface area contributed by atoms with Crippen LogP contribution in [0.15, 0.2) is 23.0 Å². The van der Waals surface area contributed by atoms with Gasteiger partial charge in [-0.25, -0.2) is 0 Å². The van der Waals surface area contributed by atoms with Gasteiger partial charge in [-0.05, 0) is 42.9 Å². The molecule has 2 nitrogen and oxygen atoms in total. The molecule has 0 unspecified atom stereocenters. The first-order valence-corrected chi connectivity index (χ1v) is 7.15. The van der Waals surface area contributed by atoms with E-state index in [0.717, 1.165) is 29.4 Å². The maximum atomic E-state index is 12.3. The van der Waals surface area contributed by atoms with Crippen LogP contribution in [0.4, 0.5) is 0 Å². The van der Waals surface area contributed by atoms with E-state index in [-0.39, 0.29) is 10.8 Å². The molecule has 0 saturated carbocycles. The van der Waals surface area contributed by atoms with Crippen molar-refractivity contribution < 1.29 is 0 Å². The Hall–Kier alpha value is -1.57. The van der Waals surface area contributed by atoms with Crippen LogP contribution in [-0.2, 0) is 18.3 Å². The fraction of sp³-hybridized carbons (Fsp3) is 0.471. The van der Waals surface area contributed by atoms with Crippen molar-refractivity contribution in [3.63, 3.8) is 0 Å². The first-order valence-electron chi connectivity index (χ1n) is 7.15. The van der Waals surface area contributed by atoms with Gasteiger partial charge in [0.25, 0.3) is 0 Å². The maximum absolute atomic E-state index is 12.3. The molecule has 19 heavy (non-hydrogen) atoms. The van der Waals surface area contributed by atoms with Gasteiger partial charge in [0.2, 0.25) is 0 Å². The summed E-state index contributed by atoms with van der Waals surface area (Å²) in [7, 11) is 0. The van der Waals surface area contributed by atoms with E-state index in [0.29, 0.717) is 0 Å². The molecule has 1 aromatic heterocycles. The molecular formula is C17H21NO. The molecule has 0 bridgehead atoms. The Kier molecular flexibility index (Phi) is 2.77. The lowest BCUT2D eigenvalue weighted by molar-refractivity contribution is 0.570. The second kappa shape index (κ2) is 4.22. The Balaban J connectivity index is 2.35. The van der Waals surface area contributed by atoms with E-state index in [1.807, 2.05) is 6.07 Å². The summed E-state index contributed by atoms with van der Waals surface area (Å²) < 4.78 is 0. The molecule has 1 heterocycles. The Morgan fingerprint density at radius 1 is 1.11 bits per heavy atom. The van der Waals surface area contributed by atoms with Crippen LogP contribution in [0.5, 0.6) is 0 Å². The summed E-state index contributed by atoms with van der Waals surface area (Å²) in [6.07, 6.45) is 4.73. The monoisotopic (exact) mass is 255 g/mol. The summed E-state index contributed by atoms with van der Waals surface area (Å²) in [4.78, 5) is 15.8. The molecule has 0 atom stereocenters. The molecule has 0 radical (unpaired) electrons. The third kappa shape index (κ3) is 2.09. The molecule has 0 aliphatic heterocycles. The highest BCUT2D eigenvalue weighted by Crippen LogP contribution is 2.28. The lowest BCUT2D eigenvalue weighted by Crippen LogP contribution is -2.18. The van der Waals surface area contributed by atoms with E-state index in [1.165, 1.54) is 24.0 Å². The van der Waals surface area contributed by atoms with Gasteiger partial charge in [0, 0.05) is 22.6 Å². The molecule has 0 amide bonds. The van der Waals surface area contributed by atoms with Gasteiger partial charge >= 0.3 is 0 Å². The minimum Gasteiger partial charge on any atom is -0.358 e. The quantitative estimate of drug-likeness (QED) is 0.765. The van der Waals surface area contributed by atoms with E-state index in [2.05, 4.69) is 31.8 Å². The number of fused-ring (bicyclic) bond motifs is 3. The van der Waals surface area contributed by atoms with Gasteiger partial charge in [0.15, 0.2) is 5.43 Å². The van der Waals surface area contributed by atoms with Crippen LogP contribution < -0.4 is 5.43 Å². The molecule has 2 aromatic rings. The fourth-order valence-corrected chi connectivity index (χ4v) is 2.96. The molecule has 1 aromatic carbocycles. The molecule has 0 saturated heterocycles. The maximum Gasteiger partial charge on any atom is 0.189 e. The lowest BCUT2D eigenvalue weighted by Gasteiger charge is -2.22. The highest BCUT2D eigenvalue weighted by Gasteiger charge is 2.19. The van der Waals surface area contributed by atoms with Crippen LogP contribution in [0, 0.1) is 0 Å². The van der Waals surface area contributed by atoms with Crippen LogP contribution in [-0.4, -0.2) is 4.98 Å². The summed E-state index contributed by atoms with van der Waals surface area (Å²) in [5.41, 5.74) is 5.02. The molecule has 1 aliphatic rings. The molecule has 0 fully saturated rings. The van der Waals surface area contributed by atoms with Crippen molar-refractivity contribution in [2.75, 3.05) is 0 Å². The number of benzene rings is 1. The minimum atomic E-state index is -0.0231. The third-order valence-corrected chi connectivity index (χ3v) is 4.14. The molecule has 0 spiro atoms. The normalized spacial score (nSPS) is 15.5. The van der Waals surface area contributed by atoms with Crippen molar-refractivity contribution in [3.05, 3.63) is 45.2 Å². The predicted octanol–water partition coefficient (Wildman–Crippen LogP) is 3.70. The molecule has 3 rings (SSSR count). The number of nitrogens with one attached hydrogen (secondary N) is 1. The van der Waals surface area contributed by atoms with Crippen molar-refractivity contribution in [2.45, 2.75) is 51.9 Å². The zero-order valence-electron chi connectivity index (χ0n) is 12.0. The van der Waals surface area contributed by atoms with Gasteiger partial charge in [0.1, 0.15) is 0 Å². The zero-order valence-corrected chi connectivity index (χ0v) is 12.0. The predicted molar refractivity (Wildman–Crippen MR) is 79.9 cm³/mol. The first kappa shape index (κ1) is 12.5. The number of aromatic amines is 1. The second-order valence-electron chi connectivity index (χ2n) is 6.63. The van der Waals surface area contributed by atoms with Gasteiger partial charge in [-0.15, -0.1) is 0 Å². The molecule has 1 N–H and O–H groups in total. The Morgan fingerprint density at radius 2 is 1.84 bits per heavy atom. The topological polar surface area (TPSA) is 32.9 Å². The first-order chi connectivity index (χ1) is 8.97.